The smallest absolute Gasteiger partial charge is 0.307 e. The summed E-state index contributed by atoms with van der Waals surface area (Å²) in [6.45, 7) is 16.1. The normalized spacial score (nSPS) is 13.5. The first-order chi connectivity index (χ1) is 21.7. The number of hydrogen-bond donors (Lipinski definition) is 0. The van der Waals surface area contributed by atoms with Crippen molar-refractivity contribution in [3.8, 4) is 0 Å². The molecule has 0 aliphatic rings. The van der Waals surface area contributed by atoms with Crippen LogP contribution in [0.4, 0.5) is 0 Å². The van der Waals surface area contributed by atoms with Gasteiger partial charge in [-0.3, -0.25) is 14.4 Å². The van der Waals surface area contributed by atoms with Crippen molar-refractivity contribution >= 4 is 17.9 Å². The molecule has 8 heteroatoms. The lowest BCUT2D eigenvalue weighted by Gasteiger charge is -2.25. The van der Waals surface area contributed by atoms with E-state index < -0.39 is 0 Å². The van der Waals surface area contributed by atoms with E-state index in [1.807, 2.05) is 7.05 Å². The number of rotatable bonds is 31. The quantitative estimate of drug-likeness (QED) is 0.0424. The molecule has 0 aliphatic carbocycles. The summed E-state index contributed by atoms with van der Waals surface area (Å²) < 4.78 is 17.3. The predicted octanol–water partition coefficient (Wildman–Crippen LogP) is 8.49. The van der Waals surface area contributed by atoms with Crippen molar-refractivity contribution in [2.24, 2.45) is 0 Å². The average Bonchev–Trinajstić information content (AvgIpc) is 3.03. The Morgan fingerprint density at radius 2 is 0.822 bits per heavy atom. The first kappa shape index (κ1) is 43.3. The van der Waals surface area contributed by atoms with E-state index in [0.717, 1.165) is 109 Å². The third-order valence-electron chi connectivity index (χ3n) is 8.63. The molecule has 3 unspecified atom stereocenters. The van der Waals surface area contributed by atoms with Gasteiger partial charge in [0.05, 0.1) is 19.3 Å². The summed E-state index contributed by atoms with van der Waals surface area (Å²) >= 11 is 0. The minimum atomic E-state index is -0.163. The minimum Gasteiger partial charge on any atom is -0.462 e. The van der Waals surface area contributed by atoms with Crippen LogP contribution in [0.1, 0.15) is 164 Å². The van der Waals surface area contributed by atoms with Crippen LogP contribution in [0, 0.1) is 0 Å². The van der Waals surface area contributed by atoms with E-state index in [2.05, 4.69) is 51.3 Å². The fourth-order valence-corrected chi connectivity index (χ4v) is 5.43. The SMILES string of the molecule is CCCCCC(CC)OC(=O)CCN(C)CCCN(CCC(=O)OC(CC)CCCCC)CCC(=O)OC(CC)CCCCC. The van der Waals surface area contributed by atoms with Gasteiger partial charge in [-0.2, -0.15) is 0 Å². The van der Waals surface area contributed by atoms with Crippen LogP contribution in [0.15, 0.2) is 0 Å². The van der Waals surface area contributed by atoms with E-state index in [0.29, 0.717) is 38.9 Å². The van der Waals surface area contributed by atoms with Gasteiger partial charge in [0.15, 0.2) is 0 Å². The van der Waals surface area contributed by atoms with E-state index in [1.54, 1.807) is 0 Å². The van der Waals surface area contributed by atoms with Gasteiger partial charge >= 0.3 is 17.9 Å². The number of nitrogens with zero attached hydrogens (tertiary/aromatic N) is 2. The van der Waals surface area contributed by atoms with E-state index in [1.165, 1.54) is 6.42 Å². The highest BCUT2D eigenvalue weighted by Crippen LogP contribution is 2.14. The average molecular weight is 641 g/mol. The van der Waals surface area contributed by atoms with Crippen molar-refractivity contribution in [2.45, 2.75) is 182 Å². The summed E-state index contributed by atoms with van der Waals surface area (Å²) in [7, 11) is 2.03. The van der Waals surface area contributed by atoms with Gasteiger partial charge in [0, 0.05) is 19.6 Å². The lowest BCUT2D eigenvalue weighted by molar-refractivity contribution is -0.151. The Kier molecular flexibility index (Phi) is 28.6. The number of hydrogen-bond acceptors (Lipinski definition) is 8. The number of carbonyl (C=O) groups excluding carboxylic acids is 3. The van der Waals surface area contributed by atoms with Gasteiger partial charge in [-0.1, -0.05) is 80.1 Å². The topological polar surface area (TPSA) is 85.4 Å². The van der Waals surface area contributed by atoms with E-state index in [9.17, 15) is 14.4 Å². The number of ether oxygens (including phenoxy) is 3. The van der Waals surface area contributed by atoms with Crippen molar-refractivity contribution < 1.29 is 28.6 Å². The van der Waals surface area contributed by atoms with Crippen molar-refractivity contribution in [1.82, 2.24) is 9.80 Å². The Balaban J connectivity index is 4.86. The molecule has 0 N–H and O–H groups in total. The molecule has 45 heavy (non-hydrogen) atoms. The summed E-state index contributed by atoms with van der Waals surface area (Å²) in [5.41, 5.74) is 0. The number of esters is 3. The fraction of sp³-hybridized carbons (Fsp3) is 0.919. The van der Waals surface area contributed by atoms with Crippen molar-refractivity contribution in [3.63, 3.8) is 0 Å². The molecular weight excluding hydrogens is 568 g/mol. The molecule has 0 heterocycles. The molecule has 0 rings (SSSR count). The molecule has 0 amide bonds. The van der Waals surface area contributed by atoms with E-state index in [4.69, 9.17) is 14.2 Å². The van der Waals surface area contributed by atoms with Crippen molar-refractivity contribution in [2.75, 3.05) is 39.8 Å². The molecule has 0 radical (unpaired) electrons. The number of carbonyl (C=O) groups is 3. The molecule has 0 bridgehead atoms. The molecule has 0 aromatic heterocycles. The molecule has 0 aromatic rings. The Hall–Kier alpha value is -1.67. The monoisotopic (exact) mass is 641 g/mol. The van der Waals surface area contributed by atoms with E-state index >= 15 is 0 Å². The van der Waals surface area contributed by atoms with Gasteiger partial charge in [-0.05, 0) is 84.3 Å². The molecule has 8 nitrogen and oxygen atoms in total. The van der Waals surface area contributed by atoms with Crippen LogP contribution >= 0.6 is 0 Å². The second-order valence-electron chi connectivity index (χ2n) is 12.8. The number of unbranched alkanes of at least 4 members (excludes halogenated alkanes) is 6. The maximum Gasteiger partial charge on any atom is 0.307 e. The third kappa shape index (κ3) is 25.1. The fourth-order valence-electron chi connectivity index (χ4n) is 5.43. The Morgan fingerprint density at radius 3 is 1.16 bits per heavy atom. The van der Waals surface area contributed by atoms with Crippen molar-refractivity contribution in [3.05, 3.63) is 0 Å². The maximum absolute atomic E-state index is 12.7. The summed E-state index contributed by atoms with van der Waals surface area (Å²) in [5, 5.41) is 0. The molecule has 3 atom stereocenters. The van der Waals surface area contributed by atoms with Crippen LogP contribution in [-0.4, -0.2) is 85.8 Å². The van der Waals surface area contributed by atoms with Crippen LogP contribution < -0.4 is 0 Å². The van der Waals surface area contributed by atoms with Gasteiger partial charge in [-0.15, -0.1) is 0 Å². The standard InChI is InChI=1S/C37H72N2O6/c1-8-14-17-21-32(11-4)43-35(40)24-29-38(7)27-20-28-39(30-25-36(41)44-33(12-5)22-18-15-9-2)31-26-37(42)45-34(13-6)23-19-16-10-3/h32-34H,8-31H2,1-7H3. The highest BCUT2D eigenvalue weighted by Gasteiger charge is 2.18. The highest BCUT2D eigenvalue weighted by atomic mass is 16.6. The molecule has 0 spiro atoms. The maximum atomic E-state index is 12.7. The van der Waals surface area contributed by atoms with Crippen LogP contribution in [0.2, 0.25) is 0 Å². The molecule has 266 valence electrons. The Bertz CT molecular complexity index is 698. The first-order valence-electron chi connectivity index (χ1n) is 18.7. The third-order valence-corrected chi connectivity index (χ3v) is 8.63. The van der Waals surface area contributed by atoms with Gasteiger partial charge in [-0.25, -0.2) is 0 Å². The van der Waals surface area contributed by atoms with Crippen LogP contribution in [0.3, 0.4) is 0 Å². The zero-order valence-corrected chi connectivity index (χ0v) is 30.5. The molecular formula is C37H72N2O6. The molecule has 0 saturated carbocycles. The second kappa shape index (κ2) is 29.7. The predicted molar refractivity (Wildman–Crippen MR) is 185 cm³/mol. The summed E-state index contributed by atoms with van der Waals surface area (Å²) in [4.78, 5) is 42.2. The molecule has 0 saturated heterocycles. The summed E-state index contributed by atoms with van der Waals surface area (Å²) in [6, 6.07) is 0. The lowest BCUT2D eigenvalue weighted by atomic mass is 10.1. The van der Waals surface area contributed by atoms with Gasteiger partial charge in [0.2, 0.25) is 0 Å². The molecule has 0 aliphatic heterocycles. The van der Waals surface area contributed by atoms with Gasteiger partial charge in [0.25, 0.3) is 0 Å². The highest BCUT2D eigenvalue weighted by molar-refractivity contribution is 5.70. The zero-order valence-electron chi connectivity index (χ0n) is 30.5. The van der Waals surface area contributed by atoms with Gasteiger partial charge in [0.1, 0.15) is 18.3 Å². The summed E-state index contributed by atoms with van der Waals surface area (Å²) in [5.74, 6) is -0.448. The van der Waals surface area contributed by atoms with Crippen molar-refractivity contribution in [1.29, 1.82) is 0 Å². The zero-order chi connectivity index (χ0) is 33.7. The first-order valence-corrected chi connectivity index (χ1v) is 18.7. The Morgan fingerprint density at radius 1 is 0.467 bits per heavy atom. The van der Waals surface area contributed by atoms with Crippen LogP contribution in [0.5, 0.6) is 0 Å². The lowest BCUT2D eigenvalue weighted by Crippen LogP contribution is -2.34. The van der Waals surface area contributed by atoms with Gasteiger partial charge < -0.3 is 24.0 Å². The van der Waals surface area contributed by atoms with Crippen LogP contribution in [-0.2, 0) is 28.6 Å². The summed E-state index contributed by atoms with van der Waals surface area (Å²) in [6.07, 6.45) is 17.4. The second-order valence-corrected chi connectivity index (χ2v) is 12.8. The largest absolute Gasteiger partial charge is 0.462 e. The van der Waals surface area contributed by atoms with Crippen LogP contribution in [0.25, 0.3) is 0 Å². The molecule has 0 fully saturated rings. The minimum absolute atomic E-state index is 0.0181. The molecule has 0 aromatic carbocycles. The Labute approximate surface area is 277 Å². The van der Waals surface area contributed by atoms with E-state index in [-0.39, 0.29) is 36.2 Å².